The van der Waals surface area contributed by atoms with Crippen LogP contribution in [-0.2, 0) is 11.8 Å². The molecule has 9 heteroatoms. The predicted molar refractivity (Wildman–Crippen MR) is 176 cm³/mol. The van der Waals surface area contributed by atoms with Gasteiger partial charge in [0.25, 0.3) is 0 Å². The zero-order valence-corrected chi connectivity index (χ0v) is 26.4. The average molecular weight is 608 g/mol. The minimum absolute atomic E-state index is 0.0975. The molecule has 0 spiro atoms. The number of rotatable bonds is 8. The third-order valence-corrected chi connectivity index (χ3v) is 8.48. The lowest BCUT2D eigenvalue weighted by Gasteiger charge is -2.31. The number of likely N-dealkylation sites (tertiary alicyclic amines) is 1. The van der Waals surface area contributed by atoms with Gasteiger partial charge in [0.15, 0.2) is 17.3 Å². The van der Waals surface area contributed by atoms with E-state index in [9.17, 15) is 9.59 Å². The average Bonchev–Trinajstić information content (AvgIpc) is 3.66. The summed E-state index contributed by atoms with van der Waals surface area (Å²) in [5.41, 5.74) is 5.35. The third-order valence-electron chi connectivity index (χ3n) is 8.48. The van der Waals surface area contributed by atoms with Crippen LogP contribution in [0.3, 0.4) is 0 Å². The second kappa shape index (κ2) is 12.8. The van der Waals surface area contributed by atoms with Crippen LogP contribution in [0.5, 0.6) is 11.5 Å². The second-order valence-corrected chi connectivity index (χ2v) is 13.1. The monoisotopic (exact) mass is 607 g/mol. The molecule has 0 unspecified atom stereocenters. The van der Waals surface area contributed by atoms with Crippen LogP contribution in [0.15, 0.2) is 72.8 Å². The number of nitrogens with one attached hydrogen (secondary N) is 2. The number of carbonyl (C=O) groups is 2. The third kappa shape index (κ3) is 7.37. The summed E-state index contributed by atoms with van der Waals surface area (Å²) in [6, 6.07) is 23.1. The van der Waals surface area contributed by atoms with Gasteiger partial charge in [0, 0.05) is 22.7 Å². The number of benzene rings is 3. The van der Waals surface area contributed by atoms with Gasteiger partial charge in [-0.25, -0.2) is 9.48 Å². The first-order valence-corrected chi connectivity index (χ1v) is 15.6. The molecule has 0 bridgehead atoms. The molecule has 3 heterocycles. The molecule has 1 saturated heterocycles. The maximum atomic E-state index is 13.2. The zero-order valence-electron chi connectivity index (χ0n) is 26.4. The zero-order chi connectivity index (χ0) is 31.6. The van der Waals surface area contributed by atoms with Gasteiger partial charge in [-0.05, 0) is 93.2 Å². The number of carbonyl (C=O) groups excluding carboxylic acids is 2. The Hall–Kier alpha value is -4.63. The van der Waals surface area contributed by atoms with E-state index in [0.29, 0.717) is 35.3 Å². The lowest BCUT2D eigenvalue weighted by molar-refractivity contribution is 0.0895. The molecule has 1 aromatic heterocycles. The van der Waals surface area contributed by atoms with Crippen molar-refractivity contribution in [2.24, 2.45) is 5.92 Å². The molecule has 9 nitrogen and oxygen atoms in total. The molecule has 0 radical (unpaired) electrons. The summed E-state index contributed by atoms with van der Waals surface area (Å²) in [5.74, 6) is 2.55. The Morgan fingerprint density at radius 2 is 1.67 bits per heavy atom. The summed E-state index contributed by atoms with van der Waals surface area (Å²) < 4.78 is 12.6. The van der Waals surface area contributed by atoms with Crippen molar-refractivity contribution in [1.82, 2.24) is 14.7 Å². The highest BCUT2D eigenvalue weighted by Gasteiger charge is 2.24. The van der Waals surface area contributed by atoms with Crippen LogP contribution in [0.4, 0.5) is 16.3 Å². The molecule has 6 rings (SSSR count). The van der Waals surface area contributed by atoms with Crippen molar-refractivity contribution in [2.75, 3.05) is 37.1 Å². The van der Waals surface area contributed by atoms with Crippen molar-refractivity contribution in [3.63, 3.8) is 0 Å². The summed E-state index contributed by atoms with van der Waals surface area (Å²) in [6.45, 7) is 10.7. The first kappa shape index (κ1) is 30.4. The van der Waals surface area contributed by atoms with E-state index in [2.05, 4.69) is 42.4 Å². The molecular weight excluding hydrogens is 566 g/mol. The molecule has 3 aromatic carbocycles. The number of anilines is 2. The van der Waals surface area contributed by atoms with Gasteiger partial charge in [0.2, 0.25) is 6.79 Å². The fourth-order valence-electron chi connectivity index (χ4n) is 5.82. The first-order valence-electron chi connectivity index (χ1n) is 15.6. The summed E-state index contributed by atoms with van der Waals surface area (Å²) >= 11 is 0. The van der Waals surface area contributed by atoms with Crippen molar-refractivity contribution in [2.45, 2.75) is 52.4 Å². The number of amides is 2. The summed E-state index contributed by atoms with van der Waals surface area (Å²) in [6.07, 6.45) is 2.97. The van der Waals surface area contributed by atoms with Gasteiger partial charge in [0.1, 0.15) is 5.82 Å². The molecule has 1 fully saturated rings. The van der Waals surface area contributed by atoms with E-state index >= 15 is 0 Å². The van der Waals surface area contributed by atoms with E-state index in [0.717, 1.165) is 55.0 Å². The minimum Gasteiger partial charge on any atom is -0.454 e. The largest absolute Gasteiger partial charge is 0.454 e. The van der Waals surface area contributed by atoms with Gasteiger partial charge in [-0.2, -0.15) is 5.10 Å². The number of ketones is 1. The molecule has 0 aliphatic carbocycles. The Bertz CT molecular complexity index is 1680. The quantitative estimate of drug-likeness (QED) is 0.210. The lowest BCUT2D eigenvalue weighted by Crippen LogP contribution is -2.37. The number of urea groups is 1. The Balaban J connectivity index is 1.03. The van der Waals surface area contributed by atoms with Gasteiger partial charge < -0.3 is 14.8 Å². The number of aryl methyl sites for hydroxylation is 1. The first-order chi connectivity index (χ1) is 21.6. The Labute approximate surface area is 264 Å². The van der Waals surface area contributed by atoms with Crippen molar-refractivity contribution in [1.29, 1.82) is 0 Å². The number of piperidine rings is 1. The van der Waals surface area contributed by atoms with Gasteiger partial charge in [-0.1, -0.05) is 50.6 Å². The number of Topliss-reactive ketones (excluding diaryl/α,β-unsaturated/α-hetero) is 1. The summed E-state index contributed by atoms with van der Waals surface area (Å²) in [7, 11) is 0. The topological polar surface area (TPSA) is 97.7 Å². The van der Waals surface area contributed by atoms with Crippen LogP contribution in [0.25, 0.3) is 5.69 Å². The Kier molecular flexibility index (Phi) is 8.63. The van der Waals surface area contributed by atoms with E-state index in [4.69, 9.17) is 14.6 Å². The van der Waals surface area contributed by atoms with Gasteiger partial charge >= 0.3 is 6.03 Å². The SMILES string of the molecule is Cc1ccc(-n2nc(C(C)(C)C)cc2NC(=O)Nc2cccc(CC3CCN(CC(=O)c4ccc5c(c4)OCO5)CC3)c2)cc1. The van der Waals surface area contributed by atoms with Crippen LogP contribution < -0.4 is 20.1 Å². The fourth-order valence-corrected chi connectivity index (χ4v) is 5.82. The number of nitrogens with zero attached hydrogens (tertiary/aromatic N) is 3. The molecule has 2 N–H and O–H groups in total. The van der Waals surface area contributed by atoms with Crippen LogP contribution >= 0.6 is 0 Å². The van der Waals surface area contributed by atoms with E-state index < -0.39 is 0 Å². The van der Waals surface area contributed by atoms with Crippen LogP contribution in [-0.4, -0.2) is 52.9 Å². The molecule has 2 aliphatic heterocycles. The van der Waals surface area contributed by atoms with Crippen molar-refractivity contribution in [3.05, 3.63) is 95.2 Å². The highest BCUT2D eigenvalue weighted by molar-refractivity contribution is 5.99. The second-order valence-electron chi connectivity index (χ2n) is 13.1. The van der Waals surface area contributed by atoms with E-state index in [1.165, 1.54) is 5.56 Å². The number of aromatic nitrogens is 2. The maximum Gasteiger partial charge on any atom is 0.324 e. The van der Waals surface area contributed by atoms with E-state index in [1.54, 1.807) is 16.8 Å². The number of hydrogen-bond donors (Lipinski definition) is 2. The van der Waals surface area contributed by atoms with Gasteiger partial charge in [-0.15, -0.1) is 0 Å². The standard InChI is InChI=1S/C36H41N5O4/c1-24-8-11-29(12-9-24)41-34(21-33(39-41)36(2,3)4)38-35(43)37-28-7-5-6-26(19-28)18-25-14-16-40(17-15-25)22-30(42)27-10-13-31-32(20-27)45-23-44-31/h5-13,19-21,25H,14-18,22-23H2,1-4H3,(H2,37,38,43). The molecule has 0 saturated carbocycles. The summed E-state index contributed by atoms with van der Waals surface area (Å²) in [5, 5.41) is 10.8. The van der Waals surface area contributed by atoms with Crippen molar-refractivity contribution in [3.8, 4) is 17.2 Å². The van der Waals surface area contributed by atoms with Crippen LogP contribution in [0.1, 0.15) is 60.8 Å². The van der Waals surface area contributed by atoms with Gasteiger partial charge in [-0.3, -0.25) is 15.0 Å². The van der Waals surface area contributed by atoms with E-state index in [1.807, 2.05) is 61.5 Å². The smallest absolute Gasteiger partial charge is 0.324 e. The maximum absolute atomic E-state index is 13.2. The minimum atomic E-state index is -0.318. The fraction of sp³-hybridized carbons (Fsp3) is 0.361. The normalized spacial score (nSPS) is 15.2. The molecule has 4 aromatic rings. The predicted octanol–water partition coefficient (Wildman–Crippen LogP) is 6.99. The Morgan fingerprint density at radius 1 is 0.911 bits per heavy atom. The lowest BCUT2D eigenvalue weighted by atomic mass is 9.90. The summed E-state index contributed by atoms with van der Waals surface area (Å²) in [4.78, 5) is 28.3. The Morgan fingerprint density at radius 3 is 2.42 bits per heavy atom. The van der Waals surface area contributed by atoms with Crippen molar-refractivity contribution < 1.29 is 19.1 Å². The molecule has 45 heavy (non-hydrogen) atoms. The highest BCUT2D eigenvalue weighted by atomic mass is 16.7. The van der Waals surface area contributed by atoms with Crippen molar-refractivity contribution >= 4 is 23.3 Å². The molecular formula is C36H41N5O4. The number of fused-ring (bicyclic) bond motifs is 1. The number of hydrogen-bond acceptors (Lipinski definition) is 6. The van der Waals surface area contributed by atoms with Crippen LogP contribution in [0, 0.1) is 12.8 Å². The number of ether oxygens (including phenoxy) is 2. The van der Waals surface area contributed by atoms with E-state index in [-0.39, 0.29) is 24.0 Å². The molecule has 0 atom stereocenters. The van der Waals surface area contributed by atoms with Crippen LogP contribution in [0.2, 0.25) is 0 Å². The van der Waals surface area contributed by atoms with Gasteiger partial charge in [0.05, 0.1) is 17.9 Å². The highest BCUT2D eigenvalue weighted by Crippen LogP contribution is 2.33. The molecule has 2 amide bonds. The molecule has 234 valence electrons. The molecule has 2 aliphatic rings.